The molecule has 3 nitrogen and oxygen atoms in total. The second kappa shape index (κ2) is 5.49. The maximum atomic E-state index is 11.2. The molecule has 0 aliphatic carbocycles. The van der Waals surface area contributed by atoms with Crippen LogP contribution in [0.1, 0.15) is 5.56 Å². The summed E-state index contributed by atoms with van der Waals surface area (Å²) in [6, 6.07) is 7.34. The largest absolute Gasteiger partial charge is 0.304 e. The minimum absolute atomic E-state index is 0.358. The number of hydrogen-bond acceptors (Lipinski definition) is 3. The summed E-state index contributed by atoms with van der Waals surface area (Å²) in [4.78, 5) is 0.358. The van der Waals surface area contributed by atoms with Crippen molar-refractivity contribution in [2.24, 2.45) is 0 Å². The first-order valence-corrected chi connectivity index (χ1v) is 7.02. The Morgan fingerprint density at radius 3 is 2.33 bits per heavy atom. The fourth-order valence-corrected chi connectivity index (χ4v) is 1.97. The van der Waals surface area contributed by atoms with Gasteiger partial charge in [-0.2, -0.15) is 0 Å². The third-order valence-electron chi connectivity index (χ3n) is 2.04. The summed E-state index contributed by atoms with van der Waals surface area (Å²) >= 11 is 5.46. The lowest BCUT2D eigenvalue weighted by atomic mass is 10.1. The smallest absolute Gasteiger partial charge is 0.175 e. The average Bonchev–Trinajstić information content (AvgIpc) is 2.18. The summed E-state index contributed by atoms with van der Waals surface area (Å²) in [5.74, 6) is 0. The van der Waals surface area contributed by atoms with E-state index in [0.717, 1.165) is 18.5 Å². The number of sulfone groups is 1. The van der Waals surface area contributed by atoms with Gasteiger partial charge in [-0.3, -0.25) is 0 Å². The average molecular weight is 248 g/mol. The number of nitrogens with one attached hydrogen (secondary N) is 1. The van der Waals surface area contributed by atoms with Crippen LogP contribution < -0.4 is 5.32 Å². The molecular weight excluding hydrogens is 234 g/mol. The summed E-state index contributed by atoms with van der Waals surface area (Å²) in [5, 5.41) is 2.99. The van der Waals surface area contributed by atoms with Crippen molar-refractivity contribution < 1.29 is 8.42 Å². The highest BCUT2D eigenvalue weighted by Crippen LogP contribution is 2.10. The van der Waals surface area contributed by atoms with Gasteiger partial charge in [-0.1, -0.05) is 12.1 Å². The van der Waals surface area contributed by atoms with E-state index in [4.69, 9.17) is 11.6 Å². The van der Waals surface area contributed by atoms with Crippen LogP contribution in [0, 0.1) is 0 Å². The molecule has 0 saturated carbocycles. The van der Waals surface area contributed by atoms with Gasteiger partial charge in [-0.15, -0.1) is 11.6 Å². The highest BCUT2D eigenvalue weighted by atomic mass is 35.5. The Hall–Kier alpha value is -0.580. The molecular formula is C10H14ClNO2S. The molecule has 0 spiro atoms. The predicted molar refractivity (Wildman–Crippen MR) is 62.0 cm³/mol. The van der Waals surface area contributed by atoms with Crippen molar-refractivity contribution >= 4 is 21.4 Å². The van der Waals surface area contributed by atoms with E-state index in [1.54, 1.807) is 12.1 Å². The van der Waals surface area contributed by atoms with Crippen molar-refractivity contribution in [3.8, 4) is 0 Å². The van der Waals surface area contributed by atoms with Crippen LogP contribution in [0.2, 0.25) is 0 Å². The molecule has 15 heavy (non-hydrogen) atoms. The third-order valence-corrected chi connectivity index (χ3v) is 3.35. The highest BCUT2D eigenvalue weighted by Gasteiger charge is 2.05. The van der Waals surface area contributed by atoms with Gasteiger partial charge in [0.05, 0.1) is 10.9 Å². The Labute approximate surface area is 95.4 Å². The van der Waals surface area contributed by atoms with Gasteiger partial charge in [-0.25, -0.2) is 8.42 Å². The number of rotatable bonds is 5. The minimum atomic E-state index is -3.08. The molecule has 0 bridgehead atoms. The molecule has 0 aliphatic rings. The van der Waals surface area contributed by atoms with Crippen LogP contribution >= 0.6 is 11.6 Å². The standard InChI is InChI=1S/C10H14ClNO2S/c1-15(13,14)10-4-2-9(3-5-10)6-7-12-8-11/h2-5,12H,6-8H2,1H3. The van der Waals surface area contributed by atoms with Gasteiger partial charge in [0, 0.05) is 12.8 Å². The fourth-order valence-electron chi connectivity index (χ4n) is 1.20. The monoisotopic (exact) mass is 247 g/mol. The number of halogens is 1. The quantitative estimate of drug-likeness (QED) is 0.486. The van der Waals surface area contributed by atoms with E-state index in [9.17, 15) is 8.42 Å². The van der Waals surface area contributed by atoms with Crippen molar-refractivity contribution in [1.82, 2.24) is 5.32 Å². The molecule has 0 heterocycles. The van der Waals surface area contributed by atoms with E-state index in [1.165, 1.54) is 6.26 Å². The Morgan fingerprint density at radius 1 is 1.27 bits per heavy atom. The maximum Gasteiger partial charge on any atom is 0.175 e. The maximum absolute atomic E-state index is 11.2. The lowest BCUT2D eigenvalue weighted by Crippen LogP contribution is -2.14. The zero-order valence-corrected chi connectivity index (χ0v) is 10.1. The van der Waals surface area contributed by atoms with E-state index in [0.29, 0.717) is 10.9 Å². The summed E-state index contributed by atoms with van der Waals surface area (Å²) in [6.07, 6.45) is 2.05. The molecule has 0 saturated heterocycles. The third kappa shape index (κ3) is 4.20. The SMILES string of the molecule is CS(=O)(=O)c1ccc(CCNCCl)cc1. The van der Waals surface area contributed by atoms with Crippen LogP contribution in [0.25, 0.3) is 0 Å². The van der Waals surface area contributed by atoms with Crippen LogP contribution in [0.15, 0.2) is 29.2 Å². The number of hydrogen-bond donors (Lipinski definition) is 1. The van der Waals surface area contributed by atoms with Crippen molar-refractivity contribution in [2.75, 3.05) is 18.8 Å². The van der Waals surface area contributed by atoms with Crippen molar-refractivity contribution in [3.05, 3.63) is 29.8 Å². The Bertz CT molecular complexity index is 400. The first-order valence-electron chi connectivity index (χ1n) is 4.59. The van der Waals surface area contributed by atoms with Crippen molar-refractivity contribution in [3.63, 3.8) is 0 Å². The molecule has 0 atom stereocenters. The molecule has 1 N–H and O–H groups in total. The number of alkyl halides is 1. The molecule has 0 fully saturated rings. The molecule has 1 rings (SSSR count). The molecule has 0 radical (unpaired) electrons. The van der Waals surface area contributed by atoms with Crippen LogP contribution in [0.4, 0.5) is 0 Å². The lowest BCUT2D eigenvalue weighted by Gasteiger charge is -2.03. The summed E-state index contributed by atoms with van der Waals surface area (Å²) in [7, 11) is -3.08. The molecule has 0 unspecified atom stereocenters. The van der Waals surface area contributed by atoms with Crippen molar-refractivity contribution in [2.45, 2.75) is 11.3 Å². The van der Waals surface area contributed by atoms with Crippen molar-refractivity contribution in [1.29, 1.82) is 0 Å². The van der Waals surface area contributed by atoms with E-state index in [1.807, 2.05) is 12.1 Å². The van der Waals surface area contributed by atoms with Gasteiger partial charge in [0.2, 0.25) is 0 Å². The van der Waals surface area contributed by atoms with Gasteiger partial charge in [0.15, 0.2) is 9.84 Å². The fraction of sp³-hybridized carbons (Fsp3) is 0.400. The van der Waals surface area contributed by atoms with Crippen LogP contribution in [-0.2, 0) is 16.3 Å². The zero-order chi connectivity index (χ0) is 11.3. The van der Waals surface area contributed by atoms with E-state index < -0.39 is 9.84 Å². The Morgan fingerprint density at radius 2 is 1.87 bits per heavy atom. The molecule has 0 aliphatic heterocycles. The predicted octanol–water partition coefficient (Wildman–Crippen LogP) is 1.42. The first-order chi connectivity index (χ1) is 7.04. The number of benzene rings is 1. The van der Waals surface area contributed by atoms with E-state index in [-0.39, 0.29) is 0 Å². The summed E-state index contributed by atoms with van der Waals surface area (Å²) < 4.78 is 22.3. The summed E-state index contributed by atoms with van der Waals surface area (Å²) in [5.41, 5.74) is 1.10. The second-order valence-corrected chi connectivity index (χ2v) is 5.58. The molecule has 0 aromatic heterocycles. The van der Waals surface area contributed by atoms with Gasteiger partial charge in [-0.05, 0) is 24.1 Å². The van der Waals surface area contributed by atoms with Gasteiger partial charge >= 0.3 is 0 Å². The van der Waals surface area contributed by atoms with Crippen LogP contribution in [0.3, 0.4) is 0 Å². The molecule has 1 aromatic rings. The van der Waals surface area contributed by atoms with Gasteiger partial charge in [0.1, 0.15) is 0 Å². The van der Waals surface area contributed by atoms with E-state index in [2.05, 4.69) is 5.32 Å². The van der Waals surface area contributed by atoms with E-state index >= 15 is 0 Å². The topological polar surface area (TPSA) is 46.2 Å². The van der Waals surface area contributed by atoms with Crippen LogP contribution in [-0.4, -0.2) is 27.2 Å². The Balaban J connectivity index is 2.65. The minimum Gasteiger partial charge on any atom is -0.304 e. The molecule has 5 heteroatoms. The molecule has 84 valence electrons. The summed E-state index contributed by atoms with van der Waals surface area (Å²) in [6.45, 7) is 0.793. The molecule has 1 aromatic carbocycles. The zero-order valence-electron chi connectivity index (χ0n) is 8.53. The normalized spacial score (nSPS) is 11.6. The lowest BCUT2D eigenvalue weighted by molar-refractivity contribution is 0.602. The molecule has 0 amide bonds. The Kier molecular flexibility index (Phi) is 4.57. The highest BCUT2D eigenvalue weighted by molar-refractivity contribution is 7.90. The second-order valence-electron chi connectivity index (χ2n) is 3.30. The van der Waals surface area contributed by atoms with Gasteiger partial charge < -0.3 is 5.32 Å². The van der Waals surface area contributed by atoms with Crippen LogP contribution in [0.5, 0.6) is 0 Å². The first kappa shape index (κ1) is 12.5. The van der Waals surface area contributed by atoms with Gasteiger partial charge in [0.25, 0.3) is 0 Å².